The first-order valence-corrected chi connectivity index (χ1v) is 19.9. The SMILES string of the molecule is C=C[C@@H]1C[C@]1(NC(=O)[C@@H]1C[C@@H](Oc2cc(-c3csc(NC(C)=O)n3)nc3c4c(ccc23)CCC4)CN1C(=O)[C@@H](NC(=O)OC1CCCC1)C(C)(C)C)C(=O)O. The van der Waals surface area contributed by atoms with E-state index in [1.807, 2.05) is 32.2 Å². The van der Waals surface area contributed by atoms with E-state index in [1.54, 1.807) is 6.07 Å². The number of anilines is 1. The number of aryl methyl sites for hydroxylation is 2. The molecule has 3 fully saturated rings. The number of alkyl carbamates (subject to hydrolysis) is 1. The molecule has 2 aromatic heterocycles. The Kier molecular flexibility index (Phi) is 10.3. The predicted molar refractivity (Wildman–Crippen MR) is 206 cm³/mol. The van der Waals surface area contributed by atoms with Gasteiger partial charge in [-0.3, -0.25) is 14.4 Å². The summed E-state index contributed by atoms with van der Waals surface area (Å²) in [7, 11) is 0. The number of carbonyl (C=O) groups excluding carboxylic acids is 4. The molecule has 4 N–H and O–H groups in total. The lowest BCUT2D eigenvalue weighted by atomic mass is 9.85. The van der Waals surface area contributed by atoms with Crippen LogP contribution in [0.1, 0.15) is 83.8 Å². The molecule has 292 valence electrons. The molecular weight excluding hydrogens is 725 g/mol. The van der Waals surface area contributed by atoms with Crippen LogP contribution in [-0.2, 0) is 36.8 Å². The number of benzene rings is 1. The second kappa shape index (κ2) is 14.9. The van der Waals surface area contributed by atoms with E-state index in [-0.39, 0.29) is 31.4 Å². The Morgan fingerprint density at radius 3 is 2.51 bits per heavy atom. The molecule has 0 spiro atoms. The Labute approximate surface area is 323 Å². The molecule has 1 aromatic carbocycles. The molecule has 0 bridgehead atoms. The van der Waals surface area contributed by atoms with Crippen LogP contribution in [0.15, 0.2) is 36.2 Å². The summed E-state index contributed by atoms with van der Waals surface area (Å²) < 4.78 is 12.4. The van der Waals surface area contributed by atoms with Crippen LogP contribution in [0.3, 0.4) is 0 Å². The number of carboxylic acid groups (broad SMARTS) is 1. The summed E-state index contributed by atoms with van der Waals surface area (Å²) in [4.78, 5) is 77.0. The summed E-state index contributed by atoms with van der Waals surface area (Å²) in [5.41, 5.74) is 1.93. The van der Waals surface area contributed by atoms with E-state index < -0.39 is 58.9 Å². The number of carbonyl (C=O) groups is 5. The second-order valence-electron chi connectivity index (χ2n) is 16.2. The zero-order chi connectivity index (χ0) is 39.2. The van der Waals surface area contributed by atoms with E-state index >= 15 is 0 Å². The molecule has 5 atom stereocenters. The highest BCUT2D eigenvalue weighted by atomic mass is 32.1. The van der Waals surface area contributed by atoms with Crippen LogP contribution in [0, 0.1) is 11.3 Å². The van der Waals surface area contributed by atoms with Gasteiger partial charge in [0.25, 0.3) is 0 Å². The maximum atomic E-state index is 14.6. The lowest BCUT2D eigenvalue weighted by Crippen LogP contribution is -2.59. The molecule has 3 aliphatic carbocycles. The molecule has 7 rings (SSSR count). The number of nitrogens with zero attached hydrogens (tertiary/aromatic N) is 3. The van der Waals surface area contributed by atoms with Crippen LogP contribution >= 0.6 is 11.3 Å². The van der Waals surface area contributed by atoms with Gasteiger partial charge in [-0.25, -0.2) is 19.6 Å². The quantitative estimate of drug-likeness (QED) is 0.184. The number of thiazole rings is 1. The molecule has 2 saturated carbocycles. The van der Waals surface area contributed by atoms with E-state index in [1.165, 1.54) is 34.8 Å². The number of hydrogen-bond acceptors (Lipinski definition) is 10. The van der Waals surface area contributed by atoms with Crippen molar-refractivity contribution in [2.45, 2.75) is 115 Å². The number of likely N-dealkylation sites (tertiary alicyclic amines) is 1. The summed E-state index contributed by atoms with van der Waals surface area (Å²) in [5, 5.41) is 21.4. The van der Waals surface area contributed by atoms with Gasteiger partial charge < -0.3 is 35.4 Å². The fourth-order valence-electron chi connectivity index (χ4n) is 8.15. The fourth-order valence-corrected chi connectivity index (χ4v) is 8.90. The first-order chi connectivity index (χ1) is 26.2. The van der Waals surface area contributed by atoms with Crippen molar-refractivity contribution < 1.29 is 38.6 Å². The Bertz CT molecular complexity index is 2050. The number of hydrogen-bond donors (Lipinski definition) is 4. The van der Waals surface area contributed by atoms with Crippen molar-refractivity contribution in [3.8, 4) is 17.1 Å². The van der Waals surface area contributed by atoms with Crippen molar-refractivity contribution >= 4 is 57.2 Å². The van der Waals surface area contributed by atoms with Crippen molar-refractivity contribution in [2.75, 3.05) is 11.9 Å². The van der Waals surface area contributed by atoms with Crippen LogP contribution in [-0.4, -0.2) is 86.1 Å². The van der Waals surface area contributed by atoms with Gasteiger partial charge in [-0.05, 0) is 74.0 Å². The Balaban J connectivity index is 1.22. The van der Waals surface area contributed by atoms with Crippen molar-refractivity contribution in [1.29, 1.82) is 0 Å². The summed E-state index contributed by atoms with van der Waals surface area (Å²) in [6.07, 6.45) is 6.40. The van der Waals surface area contributed by atoms with Gasteiger partial charge in [-0.2, -0.15) is 0 Å². The van der Waals surface area contributed by atoms with Crippen molar-refractivity contribution in [3.05, 3.63) is 47.4 Å². The summed E-state index contributed by atoms with van der Waals surface area (Å²) in [6.45, 7) is 10.6. The first kappa shape index (κ1) is 38.2. The summed E-state index contributed by atoms with van der Waals surface area (Å²) >= 11 is 1.28. The maximum Gasteiger partial charge on any atom is 0.408 e. The average Bonchev–Trinajstić information content (AvgIpc) is 3.74. The van der Waals surface area contributed by atoms with Crippen molar-refractivity contribution in [2.24, 2.45) is 11.3 Å². The standard InChI is InChI=1S/C40H48N6O8S/c1-6-23-18-40(23,36(50)51)45-34(48)30-16-25(19-46(30)35(49)33(39(3,4)5)44-38(52)54-24-11-7-8-12-24)53-31-17-28(29-20-55-37(43-29)41-21(2)47)42-32-26-13-9-10-22(26)14-15-27(31)32/h6,14-15,17,20,23-25,30,33H,1,7-13,16,18-19H2,2-5H3,(H,44,52)(H,45,48)(H,50,51)(H,41,43,47)/t23-,25-,30+,33-,40-/m1/s1. The smallest absolute Gasteiger partial charge is 0.408 e. The molecule has 3 heterocycles. The molecular formula is C40H48N6O8S. The molecule has 55 heavy (non-hydrogen) atoms. The molecule has 0 unspecified atom stereocenters. The van der Waals surface area contributed by atoms with Gasteiger partial charge in [0, 0.05) is 36.1 Å². The lowest BCUT2D eigenvalue weighted by molar-refractivity contribution is -0.146. The monoisotopic (exact) mass is 772 g/mol. The van der Waals surface area contributed by atoms with Crippen LogP contribution in [0.25, 0.3) is 22.3 Å². The molecule has 4 amide bonds. The maximum absolute atomic E-state index is 14.6. The molecule has 0 radical (unpaired) electrons. The fraction of sp³-hybridized carbons (Fsp3) is 0.525. The number of pyridine rings is 1. The highest BCUT2D eigenvalue weighted by molar-refractivity contribution is 7.14. The number of fused-ring (bicyclic) bond motifs is 3. The number of nitrogens with one attached hydrogen (secondary N) is 3. The third kappa shape index (κ3) is 7.76. The zero-order valence-corrected chi connectivity index (χ0v) is 32.4. The third-order valence-electron chi connectivity index (χ3n) is 11.2. The lowest BCUT2D eigenvalue weighted by Gasteiger charge is -2.35. The van der Waals surface area contributed by atoms with E-state index in [4.69, 9.17) is 14.5 Å². The number of rotatable bonds is 11. The molecule has 3 aromatic rings. The van der Waals surface area contributed by atoms with E-state index in [0.717, 1.165) is 61.4 Å². The Hall–Kier alpha value is -5.05. The topological polar surface area (TPSA) is 189 Å². The molecule has 15 heteroatoms. The largest absolute Gasteiger partial charge is 0.488 e. The average molecular weight is 773 g/mol. The number of amides is 4. The van der Waals surface area contributed by atoms with Gasteiger partial charge in [0.2, 0.25) is 17.7 Å². The summed E-state index contributed by atoms with van der Waals surface area (Å²) in [6, 6.07) is 3.68. The van der Waals surface area contributed by atoms with Crippen molar-refractivity contribution in [1.82, 2.24) is 25.5 Å². The van der Waals surface area contributed by atoms with E-state index in [0.29, 0.717) is 22.3 Å². The predicted octanol–water partition coefficient (Wildman–Crippen LogP) is 5.38. The first-order valence-electron chi connectivity index (χ1n) is 19.0. The number of aliphatic carboxylic acids is 1. The van der Waals surface area contributed by atoms with E-state index in [2.05, 4.69) is 33.6 Å². The highest BCUT2D eigenvalue weighted by Crippen LogP contribution is 2.45. The molecule has 14 nitrogen and oxygen atoms in total. The van der Waals surface area contributed by atoms with Gasteiger partial charge in [-0.1, -0.05) is 32.9 Å². The van der Waals surface area contributed by atoms with Gasteiger partial charge in [0.15, 0.2) is 5.13 Å². The third-order valence-corrected chi connectivity index (χ3v) is 11.9. The van der Waals surface area contributed by atoms with Crippen LogP contribution in [0.4, 0.5) is 9.93 Å². The van der Waals surface area contributed by atoms with Gasteiger partial charge in [0.1, 0.15) is 41.3 Å². The van der Waals surface area contributed by atoms with Gasteiger partial charge in [-0.15, -0.1) is 17.9 Å². The van der Waals surface area contributed by atoms with Crippen LogP contribution < -0.4 is 20.7 Å². The summed E-state index contributed by atoms with van der Waals surface area (Å²) in [5.74, 6) is -2.51. The van der Waals surface area contributed by atoms with Crippen molar-refractivity contribution in [3.63, 3.8) is 0 Å². The minimum atomic E-state index is -1.51. The van der Waals surface area contributed by atoms with Crippen LogP contribution in [0.2, 0.25) is 0 Å². The molecule has 1 saturated heterocycles. The molecule has 4 aliphatic rings. The van der Waals surface area contributed by atoms with Gasteiger partial charge in [0.05, 0.1) is 17.8 Å². The number of carboxylic acids is 1. The van der Waals surface area contributed by atoms with E-state index in [9.17, 15) is 29.1 Å². The second-order valence-corrected chi connectivity index (χ2v) is 17.1. The Morgan fingerprint density at radius 2 is 1.84 bits per heavy atom. The normalized spacial score (nSPS) is 23.9. The molecule has 1 aliphatic heterocycles. The number of aromatic nitrogens is 2. The minimum absolute atomic E-state index is 0.0126. The minimum Gasteiger partial charge on any atom is -0.488 e. The number of ether oxygens (including phenoxy) is 2. The zero-order valence-electron chi connectivity index (χ0n) is 31.6. The van der Waals surface area contributed by atoms with Gasteiger partial charge >= 0.3 is 12.1 Å². The Morgan fingerprint density at radius 1 is 1.07 bits per heavy atom. The van der Waals surface area contributed by atoms with Crippen LogP contribution in [0.5, 0.6) is 5.75 Å². The highest BCUT2D eigenvalue weighted by Gasteiger charge is 2.61.